The van der Waals surface area contributed by atoms with Crippen molar-refractivity contribution < 1.29 is 5.11 Å². The Balaban J connectivity index is 2.33. The molecule has 1 aliphatic rings. The second kappa shape index (κ2) is 6.45. The molecule has 0 unspecified atom stereocenters. The van der Waals surface area contributed by atoms with Crippen molar-refractivity contribution in [2.45, 2.75) is 36.7 Å². The van der Waals surface area contributed by atoms with E-state index in [0.29, 0.717) is 19.1 Å². The van der Waals surface area contributed by atoms with E-state index in [1.54, 1.807) is 11.8 Å². The first kappa shape index (κ1) is 13.7. The Bertz CT molecular complexity index is 393. The van der Waals surface area contributed by atoms with Crippen LogP contribution in [0, 0.1) is 0 Å². The van der Waals surface area contributed by atoms with Gasteiger partial charge >= 0.3 is 0 Å². The fourth-order valence-corrected chi connectivity index (χ4v) is 3.17. The van der Waals surface area contributed by atoms with Crippen molar-refractivity contribution in [2.75, 3.05) is 24.3 Å². The highest BCUT2D eigenvalue weighted by Crippen LogP contribution is 2.34. The fourth-order valence-electron chi connectivity index (χ4n) is 2.53. The Hall–Kier alpha value is -0.710. The van der Waals surface area contributed by atoms with E-state index in [0.717, 1.165) is 0 Å². The molecular formula is C14H22N2OS. The first-order valence-corrected chi connectivity index (χ1v) is 7.77. The van der Waals surface area contributed by atoms with Gasteiger partial charge in [0, 0.05) is 35.3 Å². The highest BCUT2D eigenvalue weighted by Gasteiger charge is 2.26. The maximum Gasteiger partial charge on any atom is 0.0606 e. The monoisotopic (exact) mass is 266 g/mol. The number of rotatable bonds is 6. The SMILES string of the molecule is CSc1cccc(N(CCO)C2CCC2)c1CN. The van der Waals surface area contributed by atoms with Crippen LogP contribution in [0.1, 0.15) is 24.8 Å². The molecule has 1 fully saturated rings. The second-order valence-electron chi connectivity index (χ2n) is 4.66. The van der Waals surface area contributed by atoms with Crippen molar-refractivity contribution in [1.29, 1.82) is 0 Å². The van der Waals surface area contributed by atoms with Crippen molar-refractivity contribution in [3.63, 3.8) is 0 Å². The number of nitrogens with zero attached hydrogens (tertiary/aromatic N) is 1. The maximum absolute atomic E-state index is 9.28. The zero-order valence-corrected chi connectivity index (χ0v) is 11.7. The lowest BCUT2D eigenvalue weighted by Gasteiger charge is -2.40. The molecule has 1 aliphatic carbocycles. The Kier molecular flexibility index (Phi) is 4.92. The number of nitrogens with two attached hydrogens (primary N) is 1. The van der Waals surface area contributed by atoms with Crippen LogP contribution >= 0.6 is 11.8 Å². The van der Waals surface area contributed by atoms with Crippen LogP contribution in [0.15, 0.2) is 23.1 Å². The van der Waals surface area contributed by atoms with E-state index in [2.05, 4.69) is 29.4 Å². The summed E-state index contributed by atoms with van der Waals surface area (Å²) in [6.07, 6.45) is 5.84. The van der Waals surface area contributed by atoms with Gasteiger partial charge in [0.2, 0.25) is 0 Å². The number of aliphatic hydroxyl groups excluding tert-OH is 1. The summed E-state index contributed by atoms with van der Waals surface area (Å²) >= 11 is 1.74. The molecule has 0 aromatic heterocycles. The standard InChI is InChI=1S/C14H22N2OS/c1-18-14-7-3-6-13(12(14)10-15)16(8-9-17)11-4-2-5-11/h3,6-7,11,17H,2,4-5,8-10,15H2,1H3. The Morgan fingerprint density at radius 1 is 1.44 bits per heavy atom. The molecule has 0 atom stereocenters. The molecular weight excluding hydrogens is 244 g/mol. The van der Waals surface area contributed by atoms with Gasteiger partial charge in [-0.3, -0.25) is 0 Å². The molecule has 3 nitrogen and oxygen atoms in total. The lowest BCUT2D eigenvalue weighted by Crippen LogP contribution is -2.42. The van der Waals surface area contributed by atoms with Gasteiger partial charge in [-0.05, 0) is 37.7 Å². The molecule has 0 saturated heterocycles. The topological polar surface area (TPSA) is 49.5 Å². The van der Waals surface area contributed by atoms with E-state index in [4.69, 9.17) is 5.73 Å². The largest absolute Gasteiger partial charge is 0.395 e. The predicted octanol–water partition coefficient (Wildman–Crippen LogP) is 2.22. The molecule has 2 rings (SSSR count). The average molecular weight is 266 g/mol. The van der Waals surface area contributed by atoms with Gasteiger partial charge in [0.1, 0.15) is 0 Å². The number of benzene rings is 1. The minimum Gasteiger partial charge on any atom is -0.395 e. The number of thioether (sulfide) groups is 1. The van der Waals surface area contributed by atoms with E-state index in [1.807, 2.05) is 0 Å². The lowest BCUT2D eigenvalue weighted by molar-refractivity contribution is 0.283. The number of aliphatic hydroxyl groups is 1. The number of hydrogen-bond donors (Lipinski definition) is 2. The Morgan fingerprint density at radius 2 is 2.22 bits per heavy atom. The highest BCUT2D eigenvalue weighted by molar-refractivity contribution is 7.98. The second-order valence-corrected chi connectivity index (χ2v) is 5.51. The molecule has 1 aromatic carbocycles. The number of anilines is 1. The van der Waals surface area contributed by atoms with Crippen LogP contribution in [0.25, 0.3) is 0 Å². The molecule has 3 N–H and O–H groups in total. The molecule has 0 heterocycles. The summed E-state index contributed by atoms with van der Waals surface area (Å²) in [5, 5.41) is 9.28. The smallest absolute Gasteiger partial charge is 0.0606 e. The van der Waals surface area contributed by atoms with Crippen LogP contribution in [0.2, 0.25) is 0 Å². The summed E-state index contributed by atoms with van der Waals surface area (Å²) in [6, 6.07) is 6.92. The van der Waals surface area contributed by atoms with Gasteiger partial charge in [-0.1, -0.05) is 6.07 Å². The third kappa shape index (κ3) is 2.66. The summed E-state index contributed by atoms with van der Waals surface area (Å²) in [6.45, 7) is 1.46. The van der Waals surface area contributed by atoms with Crippen LogP contribution in [0.4, 0.5) is 5.69 Å². The normalized spacial score (nSPS) is 15.5. The molecule has 0 aliphatic heterocycles. The minimum atomic E-state index is 0.198. The molecule has 0 spiro atoms. The van der Waals surface area contributed by atoms with E-state index < -0.39 is 0 Å². The summed E-state index contributed by atoms with van der Waals surface area (Å²) in [5.41, 5.74) is 8.34. The zero-order valence-electron chi connectivity index (χ0n) is 10.9. The zero-order chi connectivity index (χ0) is 13.0. The molecule has 100 valence electrons. The van der Waals surface area contributed by atoms with Crippen LogP contribution in [-0.4, -0.2) is 30.6 Å². The Labute approximate surface area is 113 Å². The van der Waals surface area contributed by atoms with Gasteiger partial charge in [-0.2, -0.15) is 0 Å². The molecule has 0 amide bonds. The molecule has 1 aromatic rings. The van der Waals surface area contributed by atoms with Gasteiger partial charge in [0.15, 0.2) is 0 Å². The molecule has 0 bridgehead atoms. The third-order valence-electron chi connectivity index (χ3n) is 3.70. The average Bonchev–Trinajstić information content (AvgIpc) is 2.35. The number of hydrogen-bond acceptors (Lipinski definition) is 4. The van der Waals surface area contributed by atoms with Gasteiger partial charge in [-0.15, -0.1) is 11.8 Å². The van der Waals surface area contributed by atoms with Crippen molar-refractivity contribution in [1.82, 2.24) is 0 Å². The summed E-state index contributed by atoms with van der Waals surface area (Å²) in [7, 11) is 0. The van der Waals surface area contributed by atoms with Crippen molar-refractivity contribution >= 4 is 17.4 Å². The third-order valence-corrected chi connectivity index (χ3v) is 4.52. The molecule has 4 heteroatoms. The van der Waals surface area contributed by atoms with Crippen LogP contribution in [0.3, 0.4) is 0 Å². The Morgan fingerprint density at radius 3 is 2.72 bits per heavy atom. The van der Waals surface area contributed by atoms with Gasteiger partial charge in [0.05, 0.1) is 6.61 Å². The van der Waals surface area contributed by atoms with E-state index in [1.165, 1.54) is 35.4 Å². The summed E-state index contributed by atoms with van der Waals surface area (Å²) in [5.74, 6) is 0. The van der Waals surface area contributed by atoms with Gasteiger partial charge < -0.3 is 15.7 Å². The minimum absolute atomic E-state index is 0.198. The van der Waals surface area contributed by atoms with E-state index in [9.17, 15) is 5.11 Å². The first-order chi connectivity index (χ1) is 8.81. The van der Waals surface area contributed by atoms with E-state index >= 15 is 0 Å². The molecule has 0 radical (unpaired) electrons. The van der Waals surface area contributed by atoms with Crippen LogP contribution in [-0.2, 0) is 6.54 Å². The highest BCUT2D eigenvalue weighted by atomic mass is 32.2. The summed E-state index contributed by atoms with van der Waals surface area (Å²) < 4.78 is 0. The maximum atomic E-state index is 9.28. The molecule has 1 saturated carbocycles. The summed E-state index contributed by atoms with van der Waals surface area (Å²) in [4.78, 5) is 3.59. The van der Waals surface area contributed by atoms with Crippen molar-refractivity contribution in [2.24, 2.45) is 5.73 Å². The van der Waals surface area contributed by atoms with Crippen LogP contribution < -0.4 is 10.6 Å². The van der Waals surface area contributed by atoms with Crippen LogP contribution in [0.5, 0.6) is 0 Å². The first-order valence-electron chi connectivity index (χ1n) is 6.55. The van der Waals surface area contributed by atoms with Crippen molar-refractivity contribution in [3.05, 3.63) is 23.8 Å². The fraction of sp³-hybridized carbons (Fsp3) is 0.571. The van der Waals surface area contributed by atoms with Gasteiger partial charge in [0.25, 0.3) is 0 Å². The quantitative estimate of drug-likeness (QED) is 0.775. The molecule has 18 heavy (non-hydrogen) atoms. The van der Waals surface area contributed by atoms with Gasteiger partial charge in [-0.25, -0.2) is 0 Å². The predicted molar refractivity (Wildman–Crippen MR) is 78.2 cm³/mol. The van der Waals surface area contributed by atoms with E-state index in [-0.39, 0.29) is 6.61 Å². The lowest BCUT2D eigenvalue weighted by atomic mass is 9.90. The van der Waals surface area contributed by atoms with Crippen molar-refractivity contribution in [3.8, 4) is 0 Å².